The van der Waals surface area contributed by atoms with Gasteiger partial charge in [0.2, 0.25) is 17.7 Å². The van der Waals surface area contributed by atoms with Crippen LogP contribution in [0.15, 0.2) is 78.7 Å². The van der Waals surface area contributed by atoms with E-state index in [1.54, 1.807) is 42.6 Å². The molecule has 0 saturated carbocycles. The monoisotopic (exact) mass is 1080 g/mol. The Hall–Kier alpha value is -7.56. The number of carbonyl (C=O) groups excluding carboxylic acids is 4. The fraction of sp³-hybridized carbons (Fsp3) is 0.464. The van der Waals surface area contributed by atoms with E-state index in [-0.39, 0.29) is 42.4 Å². The maximum atomic E-state index is 14.2. The van der Waals surface area contributed by atoms with Crippen molar-refractivity contribution in [3.63, 3.8) is 0 Å². The Morgan fingerprint density at radius 1 is 0.872 bits per heavy atom. The van der Waals surface area contributed by atoms with Crippen LogP contribution in [0.4, 0.5) is 28.7 Å². The number of hydrogen-bond acceptors (Lipinski definition) is 17. The number of thiazole rings is 1. The lowest BCUT2D eigenvalue weighted by molar-refractivity contribution is -0.144. The van der Waals surface area contributed by atoms with Crippen LogP contribution in [0, 0.1) is 12.3 Å². The van der Waals surface area contributed by atoms with E-state index in [4.69, 9.17) is 4.74 Å². The first-order valence-corrected chi connectivity index (χ1v) is 27.6. The number of para-hydroxylation sites is 1. The minimum absolute atomic E-state index is 0.0237. The summed E-state index contributed by atoms with van der Waals surface area (Å²) in [5.74, 6) is 0.642. The number of aliphatic hydroxyl groups excluding tert-OH is 1. The standard InChI is InChI=1S/C56H73N15O6S/c1-35(37-18-20-38(21-19-37)50-36(2)60-34-78-50)61-53(74)44-29-40(72)32-71(44)55(76)51(56(3,4)5)64-47(73)17-12-10-9-11-13-24-69-25-27-70(28-26-69)39-22-23-45(58-31-39)63-46-30-43(48(66-65-46)54(75)57-6)62-42-16-14-15-41(49(42)77-8)52-59-33-68(7)67-52/h14-16,18-23,30-31,33-35,40,44,51,72H,9-13,17,24-29,32H2,1-8H3,(H,57,75)(H,61,74)(H,64,73)(H2,58,62,63,65)/t35-,40+,44-,51?/m0/s1. The maximum absolute atomic E-state index is 14.2. The van der Waals surface area contributed by atoms with Crippen molar-refractivity contribution in [3.8, 4) is 27.6 Å². The van der Waals surface area contributed by atoms with Crippen LogP contribution < -0.4 is 36.2 Å². The first-order chi connectivity index (χ1) is 37.5. The molecule has 0 spiro atoms. The molecular weight excluding hydrogens is 1010 g/mol. The number of likely N-dealkylation sites (tertiary alicyclic amines) is 1. The molecule has 4 aromatic heterocycles. The number of unbranched alkanes of at least 4 members (excludes halogenated alkanes) is 4. The van der Waals surface area contributed by atoms with Gasteiger partial charge in [0.25, 0.3) is 5.91 Å². The summed E-state index contributed by atoms with van der Waals surface area (Å²) in [5.41, 5.74) is 6.93. The Kier molecular flexibility index (Phi) is 18.7. The average Bonchev–Trinajstić information content (AvgIpc) is 4.22. The van der Waals surface area contributed by atoms with Crippen molar-refractivity contribution in [2.75, 3.05) is 69.0 Å². The Balaban J connectivity index is 0.741. The van der Waals surface area contributed by atoms with Gasteiger partial charge in [0, 0.05) is 65.7 Å². The molecule has 6 N–H and O–H groups in total. The van der Waals surface area contributed by atoms with E-state index in [0.717, 1.165) is 85.8 Å². The van der Waals surface area contributed by atoms with Crippen molar-refractivity contribution in [1.82, 2.24) is 60.7 Å². The molecule has 0 aliphatic carbocycles. The van der Waals surface area contributed by atoms with E-state index in [0.29, 0.717) is 53.0 Å². The number of aliphatic hydroxyl groups is 1. The fourth-order valence-corrected chi connectivity index (χ4v) is 10.7. The molecule has 2 saturated heterocycles. The van der Waals surface area contributed by atoms with E-state index in [2.05, 4.69) is 66.6 Å². The van der Waals surface area contributed by atoms with E-state index < -0.39 is 29.5 Å². The van der Waals surface area contributed by atoms with Crippen LogP contribution >= 0.6 is 11.3 Å². The molecule has 414 valence electrons. The van der Waals surface area contributed by atoms with Crippen LogP contribution in [0.1, 0.15) is 100 Å². The molecule has 2 aromatic carbocycles. The highest BCUT2D eigenvalue weighted by atomic mass is 32.1. The number of pyridine rings is 1. The number of hydrogen-bond donors (Lipinski definition) is 6. The van der Waals surface area contributed by atoms with Gasteiger partial charge in [-0.25, -0.2) is 15.0 Å². The normalized spacial score (nSPS) is 16.6. The summed E-state index contributed by atoms with van der Waals surface area (Å²) in [6, 6.07) is 17.1. The van der Waals surface area contributed by atoms with Gasteiger partial charge in [-0.2, -0.15) is 5.10 Å². The Morgan fingerprint density at radius 2 is 1.63 bits per heavy atom. The highest BCUT2D eigenvalue weighted by molar-refractivity contribution is 7.13. The van der Waals surface area contributed by atoms with Crippen LogP contribution in [0.2, 0.25) is 0 Å². The second kappa shape index (κ2) is 25.7. The Labute approximate surface area is 460 Å². The largest absolute Gasteiger partial charge is 0.494 e. The number of anilines is 5. The molecule has 2 aliphatic heterocycles. The molecule has 1 unspecified atom stereocenters. The van der Waals surface area contributed by atoms with Gasteiger partial charge in [-0.1, -0.05) is 70.4 Å². The van der Waals surface area contributed by atoms with Crippen molar-refractivity contribution in [2.45, 2.75) is 104 Å². The predicted octanol–water partition coefficient (Wildman–Crippen LogP) is 6.79. The minimum Gasteiger partial charge on any atom is -0.494 e. The number of piperazine rings is 1. The van der Waals surface area contributed by atoms with Gasteiger partial charge < -0.3 is 46.2 Å². The number of amides is 4. The van der Waals surface area contributed by atoms with Gasteiger partial charge >= 0.3 is 0 Å². The minimum atomic E-state index is -0.864. The molecule has 21 nitrogen and oxygen atoms in total. The van der Waals surface area contributed by atoms with Gasteiger partial charge in [0.15, 0.2) is 23.1 Å². The number of ether oxygens (including phenoxy) is 1. The summed E-state index contributed by atoms with van der Waals surface area (Å²) in [6.07, 6.45) is 7.78. The van der Waals surface area contributed by atoms with E-state index in [9.17, 15) is 24.3 Å². The van der Waals surface area contributed by atoms with Crippen molar-refractivity contribution in [2.24, 2.45) is 12.5 Å². The maximum Gasteiger partial charge on any atom is 0.273 e. The Morgan fingerprint density at radius 3 is 2.29 bits per heavy atom. The van der Waals surface area contributed by atoms with Crippen LogP contribution in [-0.2, 0) is 21.4 Å². The van der Waals surface area contributed by atoms with Gasteiger partial charge in [-0.05, 0) is 74.0 Å². The summed E-state index contributed by atoms with van der Waals surface area (Å²) in [7, 11) is 4.89. The zero-order valence-corrected chi connectivity index (χ0v) is 46.7. The van der Waals surface area contributed by atoms with Crippen LogP contribution in [0.5, 0.6) is 5.75 Å². The second-order valence-electron chi connectivity index (χ2n) is 21.1. The molecular formula is C56H73N15O6S. The highest BCUT2D eigenvalue weighted by Gasteiger charge is 2.44. The summed E-state index contributed by atoms with van der Waals surface area (Å²) in [4.78, 5) is 74.8. The summed E-state index contributed by atoms with van der Waals surface area (Å²) in [5, 5.41) is 38.9. The van der Waals surface area contributed by atoms with Crippen molar-refractivity contribution >= 4 is 63.7 Å². The topological polar surface area (TPSA) is 250 Å². The number of nitrogens with zero attached hydrogens (tertiary/aromatic N) is 10. The molecule has 22 heteroatoms. The number of methoxy groups -OCH3 is 1. The zero-order chi connectivity index (χ0) is 55.5. The van der Waals surface area contributed by atoms with E-state index >= 15 is 0 Å². The van der Waals surface area contributed by atoms with Gasteiger partial charge in [-0.3, -0.25) is 28.8 Å². The molecule has 2 aliphatic rings. The van der Waals surface area contributed by atoms with Crippen molar-refractivity contribution in [3.05, 3.63) is 95.6 Å². The van der Waals surface area contributed by atoms with Crippen LogP contribution in [0.3, 0.4) is 0 Å². The zero-order valence-electron chi connectivity index (χ0n) is 45.9. The number of rotatable bonds is 22. The second-order valence-corrected chi connectivity index (χ2v) is 21.9. The number of β-amino-alcohol motifs (C(OH)–C–C–N with tert-alkyl or cyclic N) is 1. The lowest BCUT2D eigenvalue weighted by Crippen LogP contribution is -2.57. The lowest BCUT2D eigenvalue weighted by atomic mass is 9.85. The first-order valence-electron chi connectivity index (χ1n) is 26.7. The predicted molar refractivity (Wildman–Crippen MR) is 302 cm³/mol. The quantitative estimate of drug-likeness (QED) is 0.0383. The molecule has 0 radical (unpaired) electrons. The van der Waals surface area contributed by atoms with Gasteiger partial charge in [0.1, 0.15) is 24.2 Å². The molecule has 4 atom stereocenters. The number of nitrogens with one attached hydrogen (secondary N) is 5. The summed E-state index contributed by atoms with van der Waals surface area (Å²) in [6.45, 7) is 14.2. The Bertz CT molecular complexity index is 3010. The smallest absolute Gasteiger partial charge is 0.273 e. The van der Waals surface area contributed by atoms with Crippen LogP contribution in [0.25, 0.3) is 21.8 Å². The van der Waals surface area contributed by atoms with Gasteiger partial charge in [0.05, 0.1) is 64.2 Å². The molecule has 8 rings (SSSR count). The third kappa shape index (κ3) is 14.1. The van der Waals surface area contributed by atoms with Crippen molar-refractivity contribution in [1.29, 1.82) is 0 Å². The molecule has 78 heavy (non-hydrogen) atoms. The number of aryl methyl sites for hydroxylation is 2. The third-order valence-corrected chi connectivity index (χ3v) is 15.2. The van der Waals surface area contributed by atoms with Crippen LogP contribution in [-0.4, -0.2) is 145 Å². The number of aromatic nitrogens is 7. The first kappa shape index (κ1) is 56.6. The fourth-order valence-electron chi connectivity index (χ4n) is 9.88. The average molecular weight is 1080 g/mol. The molecule has 6 aromatic rings. The number of carbonyl (C=O) groups is 4. The molecule has 4 amide bonds. The van der Waals surface area contributed by atoms with Gasteiger partial charge in [-0.15, -0.1) is 21.5 Å². The SMILES string of the molecule is CNC(=O)c1nnc(Nc2ccc(N3CCN(CCCCCCCC(=O)NC(C(=O)N4C[C@H](O)C[C@H]4C(=O)N[C@@H](C)c4ccc(-c5scnc5C)cc4)C(C)(C)C)CC3)cn2)cc1Nc1cccc(-c2ncn(C)n2)c1OC. The molecule has 0 bridgehead atoms. The van der Waals surface area contributed by atoms with Crippen molar-refractivity contribution < 1.29 is 29.0 Å². The number of benzene rings is 2. The van der Waals surface area contributed by atoms with E-state index in [1.807, 2.05) is 101 Å². The molecule has 6 heterocycles. The highest BCUT2D eigenvalue weighted by Crippen LogP contribution is 2.38. The van der Waals surface area contributed by atoms with E-state index in [1.165, 1.54) is 11.9 Å². The summed E-state index contributed by atoms with van der Waals surface area (Å²) < 4.78 is 7.39. The lowest BCUT2D eigenvalue weighted by Gasteiger charge is -2.36. The summed E-state index contributed by atoms with van der Waals surface area (Å²) >= 11 is 1.58. The third-order valence-electron chi connectivity index (χ3n) is 14.2. The molecule has 2 fully saturated rings.